The van der Waals surface area contributed by atoms with E-state index >= 15 is 0 Å². The molecule has 0 amide bonds. The second-order valence-corrected chi connectivity index (χ2v) is 5.32. The van der Waals surface area contributed by atoms with Crippen LogP contribution < -0.4 is 4.74 Å². The summed E-state index contributed by atoms with van der Waals surface area (Å²) in [6.07, 6.45) is 0. The van der Waals surface area contributed by atoms with Crippen LogP contribution in [0.5, 0.6) is 5.75 Å². The smallest absolute Gasteiger partial charge is 0.118 e. The molecular formula is C18H37NO. The standard InChI is InChI=1S/C7H17N.C7H8O.2C2H6/c1-7(2,3)6-8(4)5;1-8-7-5-3-2-4-6-7;2*1-2/h6H2,1-5H3;2-6H,1H3;2*1-2H3. The van der Waals surface area contributed by atoms with E-state index in [2.05, 4.69) is 39.8 Å². The highest BCUT2D eigenvalue weighted by Gasteiger charge is 2.09. The average Bonchev–Trinajstić information content (AvgIpc) is 2.42. The van der Waals surface area contributed by atoms with E-state index in [9.17, 15) is 0 Å². The molecule has 0 saturated carbocycles. The van der Waals surface area contributed by atoms with Gasteiger partial charge in [0.05, 0.1) is 7.11 Å². The summed E-state index contributed by atoms with van der Waals surface area (Å²) in [6, 6.07) is 9.68. The van der Waals surface area contributed by atoms with Crippen LogP contribution >= 0.6 is 0 Å². The molecule has 2 nitrogen and oxygen atoms in total. The Kier molecular flexibility index (Phi) is 19.3. The molecule has 0 N–H and O–H groups in total. The number of hydrogen-bond donors (Lipinski definition) is 0. The average molecular weight is 284 g/mol. The Morgan fingerprint density at radius 1 is 0.900 bits per heavy atom. The van der Waals surface area contributed by atoms with Gasteiger partial charge in [-0.3, -0.25) is 0 Å². The molecule has 0 saturated heterocycles. The molecule has 0 aromatic heterocycles. The molecule has 0 heterocycles. The van der Waals surface area contributed by atoms with Gasteiger partial charge in [-0.2, -0.15) is 0 Å². The first-order valence-electron chi connectivity index (χ1n) is 7.59. The molecule has 1 aromatic carbocycles. The van der Waals surface area contributed by atoms with Crippen molar-refractivity contribution in [2.24, 2.45) is 5.41 Å². The summed E-state index contributed by atoms with van der Waals surface area (Å²) in [6.45, 7) is 15.9. The Bertz CT molecular complexity index is 262. The minimum Gasteiger partial charge on any atom is -0.497 e. The van der Waals surface area contributed by atoms with Crippen molar-refractivity contribution in [2.75, 3.05) is 27.7 Å². The van der Waals surface area contributed by atoms with E-state index in [0.717, 1.165) is 12.3 Å². The Hall–Kier alpha value is -1.02. The highest BCUT2D eigenvalue weighted by atomic mass is 16.5. The molecule has 0 atom stereocenters. The second kappa shape index (κ2) is 16.0. The molecule has 0 fully saturated rings. The molecule has 0 bridgehead atoms. The predicted molar refractivity (Wildman–Crippen MR) is 93.7 cm³/mol. The van der Waals surface area contributed by atoms with E-state index in [4.69, 9.17) is 4.74 Å². The molecule has 0 radical (unpaired) electrons. The summed E-state index contributed by atoms with van der Waals surface area (Å²) in [5.74, 6) is 0.910. The second-order valence-electron chi connectivity index (χ2n) is 5.32. The van der Waals surface area contributed by atoms with Crippen LogP contribution in [0.3, 0.4) is 0 Å². The lowest BCUT2D eigenvalue weighted by molar-refractivity contribution is 0.263. The van der Waals surface area contributed by atoms with Gasteiger partial charge < -0.3 is 9.64 Å². The number of methoxy groups -OCH3 is 1. The summed E-state index contributed by atoms with van der Waals surface area (Å²) in [4.78, 5) is 2.21. The van der Waals surface area contributed by atoms with Gasteiger partial charge in [0.15, 0.2) is 0 Å². The fourth-order valence-corrected chi connectivity index (χ4v) is 1.51. The van der Waals surface area contributed by atoms with Gasteiger partial charge in [0.1, 0.15) is 5.75 Å². The van der Waals surface area contributed by atoms with Crippen LogP contribution in [0.2, 0.25) is 0 Å². The molecule has 1 aromatic rings. The van der Waals surface area contributed by atoms with Crippen molar-refractivity contribution in [3.05, 3.63) is 30.3 Å². The van der Waals surface area contributed by atoms with E-state index in [-0.39, 0.29) is 0 Å². The Morgan fingerprint density at radius 3 is 1.45 bits per heavy atom. The Morgan fingerprint density at radius 2 is 1.30 bits per heavy atom. The maximum atomic E-state index is 4.91. The third kappa shape index (κ3) is 22.2. The zero-order valence-corrected chi connectivity index (χ0v) is 15.4. The SMILES string of the molecule is CC.CC.CN(C)CC(C)(C)C.COc1ccccc1. The van der Waals surface area contributed by atoms with Gasteiger partial charge in [-0.25, -0.2) is 0 Å². The van der Waals surface area contributed by atoms with E-state index in [1.807, 2.05) is 58.0 Å². The Labute approximate surface area is 128 Å². The van der Waals surface area contributed by atoms with E-state index in [0.29, 0.717) is 5.41 Å². The van der Waals surface area contributed by atoms with Crippen LogP contribution in [0.25, 0.3) is 0 Å². The quantitative estimate of drug-likeness (QED) is 0.726. The van der Waals surface area contributed by atoms with Crippen molar-refractivity contribution < 1.29 is 4.74 Å². The zero-order chi connectivity index (χ0) is 16.6. The van der Waals surface area contributed by atoms with Gasteiger partial charge in [-0.15, -0.1) is 0 Å². The van der Waals surface area contributed by atoms with E-state index in [1.165, 1.54) is 0 Å². The van der Waals surface area contributed by atoms with E-state index < -0.39 is 0 Å². The van der Waals surface area contributed by atoms with Crippen molar-refractivity contribution in [1.29, 1.82) is 0 Å². The van der Waals surface area contributed by atoms with Crippen LogP contribution in [0.1, 0.15) is 48.5 Å². The first-order valence-corrected chi connectivity index (χ1v) is 7.59. The van der Waals surface area contributed by atoms with Gasteiger partial charge in [0, 0.05) is 6.54 Å². The molecule has 0 unspecified atom stereocenters. The van der Waals surface area contributed by atoms with Crippen molar-refractivity contribution in [1.82, 2.24) is 4.90 Å². The summed E-state index contributed by atoms with van der Waals surface area (Å²) in [7, 11) is 5.87. The third-order valence-electron chi connectivity index (χ3n) is 1.77. The molecule has 2 heteroatoms. The van der Waals surface area contributed by atoms with Gasteiger partial charge in [0.25, 0.3) is 0 Å². The summed E-state index contributed by atoms with van der Waals surface area (Å²) in [5, 5.41) is 0. The van der Waals surface area contributed by atoms with Crippen LogP contribution in [-0.4, -0.2) is 32.6 Å². The summed E-state index contributed by atoms with van der Waals surface area (Å²) >= 11 is 0. The van der Waals surface area contributed by atoms with Gasteiger partial charge in [-0.1, -0.05) is 66.7 Å². The molecule has 20 heavy (non-hydrogen) atoms. The zero-order valence-electron chi connectivity index (χ0n) is 15.4. The third-order valence-corrected chi connectivity index (χ3v) is 1.77. The number of benzene rings is 1. The molecule has 0 spiro atoms. The number of nitrogens with zero attached hydrogens (tertiary/aromatic N) is 1. The molecule has 0 aliphatic rings. The van der Waals surface area contributed by atoms with E-state index in [1.54, 1.807) is 7.11 Å². The molecule has 0 aliphatic heterocycles. The fourth-order valence-electron chi connectivity index (χ4n) is 1.51. The fraction of sp³-hybridized carbons (Fsp3) is 0.667. The minimum atomic E-state index is 0.448. The molecule has 0 aliphatic carbocycles. The number of hydrogen-bond acceptors (Lipinski definition) is 2. The van der Waals surface area contributed by atoms with Crippen molar-refractivity contribution in [3.63, 3.8) is 0 Å². The van der Waals surface area contributed by atoms with Crippen molar-refractivity contribution >= 4 is 0 Å². The first-order chi connectivity index (χ1) is 9.35. The van der Waals surface area contributed by atoms with Crippen molar-refractivity contribution in [3.8, 4) is 5.75 Å². The normalized spacial score (nSPS) is 9.15. The number of rotatable bonds is 2. The summed E-state index contributed by atoms with van der Waals surface area (Å²) in [5.41, 5.74) is 0.448. The monoisotopic (exact) mass is 283 g/mol. The first kappa shape index (κ1) is 24.0. The maximum absolute atomic E-state index is 4.91. The number of para-hydroxylation sites is 1. The molecule has 120 valence electrons. The molecular weight excluding hydrogens is 246 g/mol. The van der Waals surface area contributed by atoms with Crippen LogP contribution in [0.15, 0.2) is 30.3 Å². The topological polar surface area (TPSA) is 12.5 Å². The van der Waals surface area contributed by atoms with Gasteiger partial charge >= 0.3 is 0 Å². The molecule has 1 rings (SSSR count). The lowest BCUT2D eigenvalue weighted by Gasteiger charge is -2.22. The maximum Gasteiger partial charge on any atom is 0.118 e. The van der Waals surface area contributed by atoms with Crippen LogP contribution in [0, 0.1) is 5.41 Å². The summed E-state index contributed by atoms with van der Waals surface area (Å²) < 4.78 is 4.91. The lowest BCUT2D eigenvalue weighted by atomic mass is 9.97. The van der Waals surface area contributed by atoms with Crippen LogP contribution in [-0.2, 0) is 0 Å². The highest BCUT2D eigenvalue weighted by Crippen LogP contribution is 2.12. The largest absolute Gasteiger partial charge is 0.497 e. The van der Waals surface area contributed by atoms with Gasteiger partial charge in [0.2, 0.25) is 0 Å². The Balaban J connectivity index is -0.000000231. The van der Waals surface area contributed by atoms with Gasteiger partial charge in [-0.05, 0) is 31.6 Å². The number of ether oxygens (including phenoxy) is 1. The highest BCUT2D eigenvalue weighted by molar-refractivity contribution is 5.20. The van der Waals surface area contributed by atoms with Crippen molar-refractivity contribution in [2.45, 2.75) is 48.5 Å². The van der Waals surface area contributed by atoms with Crippen LogP contribution in [0.4, 0.5) is 0 Å². The predicted octanol–water partition coefficient (Wildman–Crippen LogP) is 5.34. The minimum absolute atomic E-state index is 0.448. The lowest BCUT2D eigenvalue weighted by Crippen LogP contribution is -2.25.